The lowest BCUT2D eigenvalue weighted by atomic mass is 10.1. The Morgan fingerprint density at radius 1 is 1.07 bits per heavy atom. The van der Waals surface area contributed by atoms with Gasteiger partial charge in [0.15, 0.2) is 11.6 Å². The highest BCUT2D eigenvalue weighted by molar-refractivity contribution is 5.90. The lowest BCUT2D eigenvalue weighted by Gasteiger charge is -2.04. The molecule has 2 heterocycles. The van der Waals surface area contributed by atoms with Gasteiger partial charge >= 0.3 is 0 Å². The van der Waals surface area contributed by atoms with Gasteiger partial charge in [-0.1, -0.05) is 30.3 Å². The molecule has 0 radical (unpaired) electrons. The Balaban J connectivity index is 1.75. The van der Waals surface area contributed by atoms with Gasteiger partial charge in [0.25, 0.3) is 0 Å². The quantitative estimate of drug-likeness (QED) is 0.549. The van der Waals surface area contributed by atoms with E-state index in [4.69, 9.17) is 0 Å². The summed E-state index contributed by atoms with van der Waals surface area (Å²) in [6.45, 7) is 0. The van der Waals surface area contributed by atoms with Crippen LogP contribution in [0.5, 0.6) is 0 Å². The fourth-order valence-corrected chi connectivity index (χ4v) is 2.96. The number of nitriles is 1. The molecule has 0 unspecified atom stereocenters. The van der Waals surface area contributed by atoms with Gasteiger partial charge in [0.2, 0.25) is 0 Å². The molecule has 0 spiro atoms. The summed E-state index contributed by atoms with van der Waals surface area (Å²) in [6, 6.07) is 17.9. The fraction of sp³-hybridized carbons (Fsp3) is 0.0476. The zero-order chi connectivity index (χ0) is 19.5. The van der Waals surface area contributed by atoms with E-state index in [1.54, 1.807) is 29.0 Å². The van der Waals surface area contributed by atoms with Crippen LogP contribution >= 0.6 is 0 Å². The maximum absolute atomic E-state index is 13.2. The van der Waals surface area contributed by atoms with Crippen molar-refractivity contribution in [3.05, 3.63) is 78.0 Å². The number of aromatic amines is 1. The molecular formula is C21H15FN6. The van der Waals surface area contributed by atoms with Gasteiger partial charge < -0.3 is 4.57 Å². The molecule has 0 saturated heterocycles. The van der Waals surface area contributed by atoms with Crippen molar-refractivity contribution in [2.75, 3.05) is 0 Å². The monoisotopic (exact) mass is 370 g/mol. The van der Waals surface area contributed by atoms with Crippen LogP contribution in [0, 0.1) is 17.1 Å². The molecule has 6 nitrogen and oxygen atoms in total. The molecule has 2 aromatic heterocycles. The van der Waals surface area contributed by atoms with Gasteiger partial charge in [-0.3, -0.25) is 5.10 Å². The van der Waals surface area contributed by atoms with E-state index in [0.717, 1.165) is 11.1 Å². The van der Waals surface area contributed by atoms with Crippen molar-refractivity contribution >= 4 is 11.6 Å². The number of rotatable bonds is 4. The van der Waals surface area contributed by atoms with E-state index in [2.05, 4.69) is 26.5 Å². The van der Waals surface area contributed by atoms with E-state index in [1.165, 1.54) is 12.1 Å². The van der Waals surface area contributed by atoms with Crippen molar-refractivity contribution in [1.82, 2.24) is 25.0 Å². The second-order valence-electron chi connectivity index (χ2n) is 6.15. The Bertz CT molecular complexity index is 1180. The highest BCUT2D eigenvalue weighted by atomic mass is 19.1. The van der Waals surface area contributed by atoms with E-state index in [-0.39, 0.29) is 5.82 Å². The van der Waals surface area contributed by atoms with Gasteiger partial charge in [-0.15, -0.1) is 10.2 Å². The van der Waals surface area contributed by atoms with Crippen LogP contribution in [0.4, 0.5) is 4.39 Å². The second-order valence-corrected chi connectivity index (χ2v) is 6.15. The van der Waals surface area contributed by atoms with Crippen LogP contribution in [0.3, 0.4) is 0 Å². The number of H-pyrrole nitrogens is 1. The number of hydrogen-bond donors (Lipinski definition) is 1. The highest BCUT2D eigenvalue weighted by Gasteiger charge is 2.16. The molecule has 0 fully saturated rings. The van der Waals surface area contributed by atoms with E-state index in [0.29, 0.717) is 28.5 Å². The lowest BCUT2D eigenvalue weighted by Crippen LogP contribution is -1.98. The maximum Gasteiger partial charge on any atom is 0.174 e. The van der Waals surface area contributed by atoms with Crippen LogP contribution in [-0.2, 0) is 7.05 Å². The van der Waals surface area contributed by atoms with Crippen LogP contribution in [0.15, 0.2) is 60.8 Å². The first-order chi connectivity index (χ1) is 13.7. The number of aromatic nitrogens is 5. The molecule has 4 rings (SSSR count). The maximum atomic E-state index is 13.2. The van der Waals surface area contributed by atoms with Crippen molar-refractivity contribution in [3.63, 3.8) is 0 Å². The molecule has 0 amide bonds. The zero-order valence-corrected chi connectivity index (χ0v) is 15.0. The average Bonchev–Trinajstić information content (AvgIpc) is 3.34. The summed E-state index contributed by atoms with van der Waals surface area (Å²) in [7, 11) is 1.82. The zero-order valence-electron chi connectivity index (χ0n) is 15.0. The summed E-state index contributed by atoms with van der Waals surface area (Å²) >= 11 is 0. The molecule has 4 aromatic rings. The number of allylic oxidation sites excluding steroid dienone is 1. The smallest absolute Gasteiger partial charge is 0.174 e. The van der Waals surface area contributed by atoms with Crippen molar-refractivity contribution in [1.29, 1.82) is 5.26 Å². The summed E-state index contributed by atoms with van der Waals surface area (Å²) in [6.07, 6.45) is 3.31. The molecule has 0 atom stereocenters. The van der Waals surface area contributed by atoms with Gasteiger partial charge in [-0.25, -0.2) is 4.39 Å². The molecule has 0 aliphatic heterocycles. The topological polar surface area (TPSA) is 83.2 Å². The third-order valence-corrected chi connectivity index (χ3v) is 4.37. The van der Waals surface area contributed by atoms with E-state index in [1.807, 2.05) is 37.4 Å². The Hall–Kier alpha value is -4.05. The minimum atomic E-state index is -0.314. The minimum absolute atomic E-state index is 0.314. The molecule has 0 aliphatic rings. The molecule has 0 bridgehead atoms. The van der Waals surface area contributed by atoms with Gasteiger partial charge in [-0.05, 0) is 30.3 Å². The molecule has 2 aromatic carbocycles. The summed E-state index contributed by atoms with van der Waals surface area (Å²) in [4.78, 5) is 0. The molecule has 136 valence electrons. The molecule has 0 saturated carbocycles. The van der Waals surface area contributed by atoms with Gasteiger partial charge in [-0.2, -0.15) is 10.4 Å². The van der Waals surface area contributed by atoms with Crippen molar-refractivity contribution < 1.29 is 4.39 Å². The number of benzene rings is 2. The summed E-state index contributed by atoms with van der Waals surface area (Å²) in [5, 5.41) is 25.1. The molecule has 0 aliphatic carbocycles. The predicted octanol–water partition coefficient (Wildman–Crippen LogP) is 4.08. The van der Waals surface area contributed by atoms with Crippen molar-refractivity contribution in [3.8, 4) is 28.7 Å². The Morgan fingerprint density at radius 2 is 1.82 bits per heavy atom. The molecule has 1 N–H and O–H groups in total. The lowest BCUT2D eigenvalue weighted by molar-refractivity contribution is 0.628. The Morgan fingerprint density at radius 3 is 2.54 bits per heavy atom. The molecule has 7 heteroatoms. The summed E-state index contributed by atoms with van der Waals surface area (Å²) in [5.41, 5.74) is 3.43. The number of hydrogen-bond acceptors (Lipinski definition) is 4. The van der Waals surface area contributed by atoms with E-state index < -0.39 is 0 Å². The van der Waals surface area contributed by atoms with E-state index >= 15 is 0 Å². The summed E-state index contributed by atoms with van der Waals surface area (Å²) in [5.74, 6) is 0.806. The van der Waals surface area contributed by atoms with Gasteiger partial charge in [0, 0.05) is 23.7 Å². The average molecular weight is 370 g/mol. The van der Waals surface area contributed by atoms with Crippen LogP contribution in [0.25, 0.3) is 34.3 Å². The number of nitrogens with zero attached hydrogens (tertiary/aromatic N) is 5. The van der Waals surface area contributed by atoms with Crippen LogP contribution in [0.1, 0.15) is 11.4 Å². The van der Waals surface area contributed by atoms with Crippen LogP contribution < -0.4 is 0 Å². The van der Waals surface area contributed by atoms with Crippen LogP contribution in [-0.4, -0.2) is 25.0 Å². The first-order valence-corrected chi connectivity index (χ1v) is 8.53. The Kier molecular flexibility index (Phi) is 4.52. The van der Waals surface area contributed by atoms with Crippen LogP contribution in [0.2, 0.25) is 0 Å². The second kappa shape index (κ2) is 7.29. The highest BCUT2D eigenvalue weighted by Crippen LogP contribution is 2.26. The predicted molar refractivity (Wildman–Crippen MR) is 104 cm³/mol. The van der Waals surface area contributed by atoms with Gasteiger partial charge in [0.05, 0.1) is 17.5 Å². The Labute approximate surface area is 160 Å². The third kappa shape index (κ3) is 3.19. The standard InChI is InChI=1S/C21H15FN6/c1-28-20(15-5-3-2-4-6-15)26-27-21(28)16(12-23)11-17-13-24-25-19(17)14-7-9-18(22)10-8-14/h2-11,13H,1H3,(H,24,25)/b16-11-. The molecular weight excluding hydrogens is 355 g/mol. The summed E-state index contributed by atoms with van der Waals surface area (Å²) < 4.78 is 15.0. The number of halogens is 1. The third-order valence-electron chi connectivity index (χ3n) is 4.37. The van der Waals surface area contributed by atoms with E-state index in [9.17, 15) is 9.65 Å². The largest absolute Gasteiger partial charge is 0.310 e. The normalized spacial score (nSPS) is 11.4. The minimum Gasteiger partial charge on any atom is -0.310 e. The first-order valence-electron chi connectivity index (χ1n) is 8.53. The van der Waals surface area contributed by atoms with Crippen molar-refractivity contribution in [2.45, 2.75) is 0 Å². The number of nitrogens with one attached hydrogen (secondary N) is 1. The fourth-order valence-electron chi connectivity index (χ4n) is 2.96. The molecule has 28 heavy (non-hydrogen) atoms. The van der Waals surface area contributed by atoms with Gasteiger partial charge in [0.1, 0.15) is 11.9 Å². The first kappa shape index (κ1) is 17.4. The van der Waals surface area contributed by atoms with Crippen molar-refractivity contribution in [2.24, 2.45) is 7.05 Å². The SMILES string of the molecule is Cn1c(/C(C#N)=C\c2cn[nH]c2-c2ccc(F)cc2)nnc1-c1ccccc1.